The van der Waals surface area contributed by atoms with Crippen molar-refractivity contribution >= 4 is 0 Å². The lowest BCUT2D eigenvalue weighted by atomic mass is 10.1. The van der Waals surface area contributed by atoms with E-state index in [0.717, 1.165) is 31.3 Å². The highest BCUT2D eigenvalue weighted by atomic mass is 14.9. The number of unbranched alkanes of at least 4 members (excludes halogenated alkanes) is 1. The molecule has 1 heteroatoms. The van der Waals surface area contributed by atoms with Crippen LogP contribution in [-0.2, 0) is 0 Å². The fourth-order valence-corrected chi connectivity index (χ4v) is 1.89. The van der Waals surface area contributed by atoms with E-state index < -0.39 is 0 Å². The van der Waals surface area contributed by atoms with E-state index in [0.29, 0.717) is 0 Å². The molecular formula is C11H19N. The van der Waals surface area contributed by atoms with Gasteiger partial charge in [-0.05, 0) is 38.1 Å². The average Bonchev–Trinajstić information content (AvgIpc) is 2.45. The van der Waals surface area contributed by atoms with E-state index in [-0.39, 0.29) is 0 Å². The van der Waals surface area contributed by atoms with Crippen molar-refractivity contribution in [3.05, 3.63) is 0 Å². The molecule has 12 heavy (non-hydrogen) atoms. The Balaban J connectivity index is 1.97. The van der Waals surface area contributed by atoms with Crippen LogP contribution >= 0.6 is 0 Å². The van der Waals surface area contributed by atoms with Gasteiger partial charge in [0.15, 0.2) is 0 Å². The predicted octanol–water partition coefficient (Wildman–Crippen LogP) is 2.18. The molecule has 1 saturated carbocycles. The summed E-state index contributed by atoms with van der Waals surface area (Å²) < 4.78 is 0. The van der Waals surface area contributed by atoms with Crippen LogP contribution in [0.5, 0.6) is 0 Å². The molecule has 1 aliphatic carbocycles. The van der Waals surface area contributed by atoms with Gasteiger partial charge in [0.25, 0.3) is 0 Å². The van der Waals surface area contributed by atoms with Crippen molar-refractivity contribution in [2.75, 3.05) is 6.54 Å². The maximum Gasteiger partial charge on any atom is 0.00981 e. The van der Waals surface area contributed by atoms with Crippen molar-refractivity contribution in [1.29, 1.82) is 0 Å². The van der Waals surface area contributed by atoms with Gasteiger partial charge in [-0.15, -0.1) is 12.3 Å². The van der Waals surface area contributed by atoms with E-state index >= 15 is 0 Å². The van der Waals surface area contributed by atoms with Gasteiger partial charge in [-0.25, -0.2) is 0 Å². The third-order valence-corrected chi connectivity index (χ3v) is 2.63. The minimum absolute atomic E-state index is 0.776. The van der Waals surface area contributed by atoms with E-state index in [2.05, 4.69) is 18.2 Å². The van der Waals surface area contributed by atoms with Crippen molar-refractivity contribution in [1.82, 2.24) is 5.32 Å². The van der Waals surface area contributed by atoms with Crippen molar-refractivity contribution < 1.29 is 0 Å². The molecule has 0 radical (unpaired) electrons. The summed E-state index contributed by atoms with van der Waals surface area (Å²) >= 11 is 0. The van der Waals surface area contributed by atoms with Gasteiger partial charge in [-0.3, -0.25) is 0 Å². The molecule has 0 aromatic carbocycles. The topological polar surface area (TPSA) is 12.0 Å². The third-order valence-electron chi connectivity index (χ3n) is 2.63. The number of nitrogens with one attached hydrogen (secondary N) is 1. The molecular weight excluding hydrogens is 146 g/mol. The van der Waals surface area contributed by atoms with E-state index in [1.54, 1.807) is 0 Å². The molecule has 0 heterocycles. The monoisotopic (exact) mass is 165 g/mol. The van der Waals surface area contributed by atoms with Crippen LogP contribution in [-0.4, -0.2) is 12.6 Å². The van der Waals surface area contributed by atoms with Gasteiger partial charge in [-0.1, -0.05) is 6.92 Å². The second-order valence-electron chi connectivity index (χ2n) is 3.88. The van der Waals surface area contributed by atoms with Gasteiger partial charge < -0.3 is 5.32 Å². The lowest BCUT2D eigenvalue weighted by Gasteiger charge is -2.10. The summed E-state index contributed by atoms with van der Waals surface area (Å²) in [6.45, 7) is 3.44. The first kappa shape index (κ1) is 9.61. The summed E-state index contributed by atoms with van der Waals surface area (Å²) in [6.07, 6.45) is 11.3. The van der Waals surface area contributed by atoms with E-state index in [9.17, 15) is 0 Å². The molecule has 0 aliphatic heterocycles. The Hall–Kier alpha value is -0.480. The SMILES string of the molecule is C#CCCCNC1CCC(C)C1. The van der Waals surface area contributed by atoms with Gasteiger partial charge >= 0.3 is 0 Å². The molecule has 1 nitrogen and oxygen atoms in total. The fraction of sp³-hybridized carbons (Fsp3) is 0.818. The summed E-state index contributed by atoms with van der Waals surface area (Å²) in [7, 11) is 0. The summed E-state index contributed by atoms with van der Waals surface area (Å²) in [5, 5.41) is 3.55. The van der Waals surface area contributed by atoms with Crippen LogP contribution < -0.4 is 5.32 Å². The van der Waals surface area contributed by atoms with Crippen LogP contribution in [0.15, 0.2) is 0 Å². The molecule has 2 unspecified atom stereocenters. The highest BCUT2D eigenvalue weighted by Crippen LogP contribution is 2.24. The summed E-state index contributed by atoms with van der Waals surface area (Å²) in [5.41, 5.74) is 0. The smallest absolute Gasteiger partial charge is 0.00981 e. The number of terminal acetylenes is 1. The number of hydrogen-bond donors (Lipinski definition) is 1. The Morgan fingerprint density at radius 2 is 2.33 bits per heavy atom. The van der Waals surface area contributed by atoms with Crippen LogP contribution in [0.3, 0.4) is 0 Å². The van der Waals surface area contributed by atoms with E-state index in [1.165, 1.54) is 19.3 Å². The Morgan fingerprint density at radius 1 is 1.50 bits per heavy atom. The standard InChI is InChI=1S/C11H19N/c1-3-4-5-8-12-11-7-6-10(2)9-11/h1,10-12H,4-9H2,2H3. The Bertz CT molecular complexity index is 157. The molecule has 0 aromatic rings. The molecule has 1 rings (SSSR count). The van der Waals surface area contributed by atoms with Crippen LogP contribution in [0.1, 0.15) is 39.0 Å². The van der Waals surface area contributed by atoms with Crippen molar-refractivity contribution in [3.63, 3.8) is 0 Å². The van der Waals surface area contributed by atoms with Crippen LogP contribution in [0.25, 0.3) is 0 Å². The zero-order valence-corrected chi connectivity index (χ0v) is 7.97. The average molecular weight is 165 g/mol. The quantitative estimate of drug-likeness (QED) is 0.497. The molecule has 0 spiro atoms. The molecule has 0 amide bonds. The lowest BCUT2D eigenvalue weighted by Crippen LogP contribution is -2.27. The minimum atomic E-state index is 0.776. The normalized spacial score (nSPS) is 28.7. The second-order valence-corrected chi connectivity index (χ2v) is 3.88. The van der Waals surface area contributed by atoms with E-state index in [1.807, 2.05) is 0 Å². The predicted molar refractivity (Wildman–Crippen MR) is 52.9 cm³/mol. The van der Waals surface area contributed by atoms with E-state index in [4.69, 9.17) is 6.42 Å². The van der Waals surface area contributed by atoms with Gasteiger partial charge in [0.2, 0.25) is 0 Å². The Morgan fingerprint density at radius 3 is 2.92 bits per heavy atom. The molecule has 0 bridgehead atoms. The zero-order valence-electron chi connectivity index (χ0n) is 7.97. The van der Waals surface area contributed by atoms with Gasteiger partial charge in [-0.2, -0.15) is 0 Å². The highest BCUT2D eigenvalue weighted by Gasteiger charge is 2.19. The van der Waals surface area contributed by atoms with Crippen molar-refractivity contribution in [2.45, 2.75) is 45.1 Å². The summed E-state index contributed by atoms with van der Waals surface area (Å²) in [4.78, 5) is 0. The fourth-order valence-electron chi connectivity index (χ4n) is 1.89. The van der Waals surface area contributed by atoms with Crippen LogP contribution in [0.2, 0.25) is 0 Å². The summed E-state index contributed by atoms with van der Waals surface area (Å²) in [5.74, 6) is 3.59. The molecule has 1 aliphatic rings. The molecule has 1 fully saturated rings. The van der Waals surface area contributed by atoms with Gasteiger partial charge in [0.1, 0.15) is 0 Å². The minimum Gasteiger partial charge on any atom is -0.314 e. The van der Waals surface area contributed by atoms with Crippen molar-refractivity contribution in [3.8, 4) is 12.3 Å². The molecule has 0 aromatic heterocycles. The zero-order chi connectivity index (χ0) is 8.81. The third kappa shape index (κ3) is 3.28. The lowest BCUT2D eigenvalue weighted by molar-refractivity contribution is 0.498. The molecule has 2 atom stereocenters. The Kier molecular flexibility index (Phi) is 4.18. The Labute approximate surface area is 75.9 Å². The highest BCUT2D eigenvalue weighted by molar-refractivity contribution is 4.84. The number of rotatable bonds is 4. The first-order chi connectivity index (χ1) is 5.83. The maximum atomic E-state index is 5.17. The summed E-state index contributed by atoms with van der Waals surface area (Å²) in [6, 6.07) is 0.776. The largest absolute Gasteiger partial charge is 0.314 e. The molecule has 1 N–H and O–H groups in total. The van der Waals surface area contributed by atoms with Crippen molar-refractivity contribution in [2.24, 2.45) is 5.92 Å². The van der Waals surface area contributed by atoms with Crippen LogP contribution in [0, 0.1) is 18.3 Å². The second kappa shape index (κ2) is 5.22. The first-order valence-electron chi connectivity index (χ1n) is 4.99. The number of hydrogen-bond acceptors (Lipinski definition) is 1. The van der Waals surface area contributed by atoms with Gasteiger partial charge in [0, 0.05) is 12.5 Å². The molecule has 68 valence electrons. The van der Waals surface area contributed by atoms with Crippen LogP contribution in [0.4, 0.5) is 0 Å². The first-order valence-corrected chi connectivity index (χ1v) is 4.99. The van der Waals surface area contributed by atoms with Gasteiger partial charge in [0.05, 0.1) is 0 Å². The maximum absolute atomic E-state index is 5.17. The molecule has 0 saturated heterocycles.